The van der Waals surface area contributed by atoms with Gasteiger partial charge >= 0.3 is 5.97 Å². The van der Waals surface area contributed by atoms with Crippen LogP contribution in [-0.4, -0.2) is 44.3 Å². The predicted octanol–water partition coefficient (Wildman–Crippen LogP) is 2.15. The van der Waals surface area contributed by atoms with Crippen molar-refractivity contribution in [3.63, 3.8) is 0 Å². The minimum atomic E-state index is -1.12. The second-order valence-electron chi connectivity index (χ2n) is 5.67. The van der Waals surface area contributed by atoms with Crippen LogP contribution in [-0.2, 0) is 11.2 Å². The number of aromatic nitrogens is 2. The molecule has 1 saturated heterocycles. The number of carbonyl (C=O) groups is 2. The van der Waals surface area contributed by atoms with Gasteiger partial charge in [-0.2, -0.15) is 4.37 Å². The Bertz CT molecular complexity index is 926. The van der Waals surface area contributed by atoms with Gasteiger partial charge in [-0.1, -0.05) is 18.2 Å². The number of nitrogens with zero attached hydrogens (tertiary/aromatic N) is 3. The molecule has 1 fully saturated rings. The second-order valence-corrected chi connectivity index (χ2v) is 6.48. The van der Waals surface area contributed by atoms with E-state index in [4.69, 9.17) is 9.52 Å². The second kappa shape index (κ2) is 5.72. The van der Waals surface area contributed by atoms with Crippen LogP contribution >= 0.6 is 11.5 Å². The van der Waals surface area contributed by atoms with Crippen LogP contribution in [0.2, 0.25) is 0 Å². The van der Waals surface area contributed by atoms with E-state index < -0.39 is 5.97 Å². The number of rotatable bonds is 4. The number of carboxylic acid groups (broad SMARTS) is 1. The lowest BCUT2D eigenvalue weighted by Crippen LogP contribution is -2.49. The minimum absolute atomic E-state index is 0.00678. The van der Waals surface area contributed by atoms with Crippen molar-refractivity contribution in [2.24, 2.45) is 0 Å². The number of carboxylic acids is 1. The molecule has 1 aromatic carbocycles. The number of amides is 1. The molecule has 2 aromatic heterocycles. The zero-order valence-corrected chi connectivity index (χ0v) is 13.3. The smallest absolute Gasteiger partial charge is 0.357 e. The molecule has 0 aliphatic carbocycles. The van der Waals surface area contributed by atoms with Gasteiger partial charge in [-0.15, -0.1) is 0 Å². The van der Waals surface area contributed by atoms with Crippen molar-refractivity contribution >= 4 is 33.5 Å². The lowest BCUT2D eigenvalue weighted by Gasteiger charge is -2.37. The van der Waals surface area contributed by atoms with Crippen LogP contribution in [0.3, 0.4) is 0 Å². The van der Waals surface area contributed by atoms with Gasteiger partial charge in [0.15, 0.2) is 5.69 Å². The van der Waals surface area contributed by atoms with E-state index in [1.165, 1.54) is 11.5 Å². The van der Waals surface area contributed by atoms with Crippen molar-refractivity contribution in [3.8, 4) is 0 Å². The van der Waals surface area contributed by atoms with Crippen molar-refractivity contribution in [1.29, 1.82) is 0 Å². The predicted molar refractivity (Wildman–Crippen MR) is 86.1 cm³/mol. The fourth-order valence-electron chi connectivity index (χ4n) is 2.73. The van der Waals surface area contributed by atoms with E-state index in [-0.39, 0.29) is 23.9 Å². The van der Waals surface area contributed by atoms with Crippen LogP contribution in [0.5, 0.6) is 0 Å². The molecule has 0 unspecified atom stereocenters. The van der Waals surface area contributed by atoms with E-state index in [0.717, 1.165) is 22.0 Å². The van der Waals surface area contributed by atoms with Crippen molar-refractivity contribution in [3.05, 3.63) is 47.8 Å². The molecule has 1 aliphatic rings. The van der Waals surface area contributed by atoms with E-state index in [9.17, 15) is 9.59 Å². The van der Waals surface area contributed by atoms with Crippen molar-refractivity contribution in [2.45, 2.75) is 12.3 Å². The average Bonchev–Trinajstić information content (AvgIpc) is 3.14. The first-order valence-corrected chi connectivity index (χ1v) is 8.19. The van der Waals surface area contributed by atoms with Crippen molar-refractivity contribution < 1.29 is 19.1 Å². The van der Waals surface area contributed by atoms with Crippen LogP contribution in [0, 0.1) is 0 Å². The van der Waals surface area contributed by atoms with E-state index >= 15 is 0 Å². The highest BCUT2D eigenvalue weighted by molar-refractivity contribution is 7.13. The Hall–Kier alpha value is -2.74. The third kappa shape index (κ3) is 2.54. The topological polar surface area (TPSA) is 96.5 Å². The average molecular weight is 343 g/mol. The number of fused-ring (bicyclic) bond motifs is 1. The molecule has 8 heteroatoms. The number of oxazole rings is 1. The quantitative estimate of drug-likeness (QED) is 0.780. The fourth-order valence-corrected chi connectivity index (χ4v) is 3.53. The van der Waals surface area contributed by atoms with Crippen LogP contribution in [0.4, 0.5) is 0 Å². The first-order chi connectivity index (χ1) is 11.6. The summed E-state index contributed by atoms with van der Waals surface area (Å²) in [5, 5.41) is 9.87. The Labute approximate surface area is 140 Å². The van der Waals surface area contributed by atoms with Gasteiger partial charge in [-0.05, 0) is 17.6 Å². The third-order valence-corrected chi connectivity index (χ3v) is 4.96. The zero-order chi connectivity index (χ0) is 16.7. The van der Waals surface area contributed by atoms with E-state index in [1.807, 2.05) is 24.3 Å². The molecular weight excluding hydrogens is 330 g/mol. The Balaban J connectivity index is 1.39. The maximum atomic E-state index is 12.4. The first-order valence-electron chi connectivity index (χ1n) is 7.41. The minimum Gasteiger partial charge on any atom is -0.476 e. The van der Waals surface area contributed by atoms with Gasteiger partial charge in [0.1, 0.15) is 6.26 Å². The van der Waals surface area contributed by atoms with Crippen molar-refractivity contribution in [1.82, 2.24) is 14.3 Å². The van der Waals surface area contributed by atoms with Gasteiger partial charge in [0.25, 0.3) is 0 Å². The van der Waals surface area contributed by atoms with E-state index in [0.29, 0.717) is 19.0 Å². The number of benzene rings is 1. The summed E-state index contributed by atoms with van der Waals surface area (Å²) >= 11 is 1.39. The zero-order valence-electron chi connectivity index (χ0n) is 12.5. The molecule has 0 bridgehead atoms. The number of hydrogen-bond acceptors (Lipinski definition) is 6. The fraction of sp³-hybridized carbons (Fsp3) is 0.250. The molecule has 0 radical (unpaired) electrons. The highest BCUT2D eigenvalue weighted by atomic mass is 32.1. The third-order valence-electron chi connectivity index (χ3n) is 4.10. The van der Waals surface area contributed by atoms with Gasteiger partial charge in [0, 0.05) is 18.5 Å². The molecule has 3 aromatic rings. The normalized spacial score (nSPS) is 14.8. The molecule has 1 aliphatic heterocycles. The van der Waals surface area contributed by atoms with Crippen LogP contribution in [0.15, 0.2) is 34.9 Å². The molecule has 0 atom stereocenters. The number of hydrogen-bond donors (Lipinski definition) is 1. The molecule has 4 rings (SSSR count). The molecule has 7 nitrogen and oxygen atoms in total. The molecule has 3 heterocycles. The van der Waals surface area contributed by atoms with Gasteiger partial charge in [-0.25, -0.2) is 9.78 Å². The summed E-state index contributed by atoms with van der Waals surface area (Å²) in [5.74, 6) is -0.787. The van der Waals surface area contributed by atoms with E-state index in [1.54, 1.807) is 4.90 Å². The van der Waals surface area contributed by atoms with Crippen LogP contribution in [0.25, 0.3) is 10.1 Å². The SMILES string of the molecule is O=C(O)c1coc(C2CN(C(=O)Cc3nsc4ccccc34)C2)n1. The van der Waals surface area contributed by atoms with Crippen LogP contribution < -0.4 is 0 Å². The van der Waals surface area contributed by atoms with Gasteiger partial charge in [-0.3, -0.25) is 4.79 Å². The Kier molecular flexibility index (Phi) is 3.53. The Morgan fingerprint density at radius 1 is 1.33 bits per heavy atom. The van der Waals surface area contributed by atoms with E-state index in [2.05, 4.69) is 9.36 Å². The first kappa shape index (κ1) is 14.8. The van der Waals surface area contributed by atoms with Crippen LogP contribution in [0.1, 0.15) is 28.0 Å². The lowest BCUT2D eigenvalue weighted by atomic mass is 9.99. The molecule has 0 saturated carbocycles. The molecule has 0 spiro atoms. The maximum absolute atomic E-state index is 12.4. The highest BCUT2D eigenvalue weighted by Gasteiger charge is 2.35. The van der Waals surface area contributed by atoms with Gasteiger partial charge < -0.3 is 14.4 Å². The Morgan fingerprint density at radius 2 is 2.12 bits per heavy atom. The summed E-state index contributed by atoms with van der Waals surface area (Å²) in [4.78, 5) is 28.8. The highest BCUT2D eigenvalue weighted by Crippen LogP contribution is 2.28. The van der Waals surface area contributed by atoms with Crippen molar-refractivity contribution in [2.75, 3.05) is 13.1 Å². The van der Waals surface area contributed by atoms with Gasteiger partial charge in [0.05, 0.1) is 22.7 Å². The largest absolute Gasteiger partial charge is 0.476 e. The number of aromatic carboxylic acids is 1. The Morgan fingerprint density at radius 3 is 2.88 bits per heavy atom. The standard InChI is InChI=1S/C16H13N3O4S/c20-14(5-11-10-3-1-2-4-13(10)24-18-11)19-6-9(7-19)15-17-12(8-23-15)16(21)22/h1-4,8-9H,5-7H2,(H,21,22). The number of likely N-dealkylation sites (tertiary alicyclic amines) is 1. The maximum Gasteiger partial charge on any atom is 0.357 e. The summed E-state index contributed by atoms with van der Waals surface area (Å²) in [6.45, 7) is 0.973. The molecule has 1 N–H and O–H groups in total. The summed E-state index contributed by atoms with van der Waals surface area (Å²) in [6, 6.07) is 7.85. The number of carbonyl (C=O) groups excluding carboxylic acids is 1. The summed E-state index contributed by atoms with van der Waals surface area (Å²) < 4.78 is 10.6. The molecule has 24 heavy (non-hydrogen) atoms. The monoisotopic (exact) mass is 343 g/mol. The molecular formula is C16H13N3O4S. The molecule has 122 valence electrons. The summed E-state index contributed by atoms with van der Waals surface area (Å²) in [5.41, 5.74) is 0.692. The lowest BCUT2D eigenvalue weighted by molar-refractivity contribution is -0.135. The van der Waals surface area contributed by atoms with Gasteiger partial charge in [0.2, 0.25) is 11.8 Å². The summed E-state index contributed by atoms with van der Waals surface area (Å²) in [7, 11) is 0. The summed E-state index contributed by atoms with van der Waals surface area (Å²) in [6.07, 6.45) is 1.40. The molecule has 1 amide bonds.